The molecule has 1 nitrogen and oxygen atoms in total. The molecule has 62 valence electrons. The third-order valence-corrected chi connectivity index (χ3v) is 2.17. The fraction of sp³-hybridized carbons (Fsp3) is 0.273. The molecule has 0 heterocycles. The quantitative estimate of drug-likeness (QED) is 0.714. The number of nitrogens with one attached hydrogen (secondary N) is 1. The van der Waals surface area contributed by atoms with Crippen molar-refractivity contribution >= 4 is 0 Å². The molecule has 0 atom stereocenters. The van der Waals surface area contributed by atoms with E-state index in [-0.39, 0.29) is 0 Å². The maximum Gasteiger partial charge on any atom is 0.0397 e. The van der Waals surface area contributed by atoms with Gasteiger partial charge in [-0.25, -0.2) is 0 Å². The largest absolute Gasteiger partial charge is 0.385 e. The molecular formula is C11H13N. The van der Waals surface area contributed by atoms with Crippen LogP contribution in [0.1, 0.15) is 18.4 Å². The van der Waals surface area contributed by atoms with E-state index in [1.807, 2.05) is 6.07 Å². The summed E-state index contributed by atoms with van der Waals surface area (Å²) >= 11 is 0. The van der Waals surface area contributed by atoms with Crippen molar-refractivity contribution in [2.24, 2.45) is 0 Å². The first kappa shape index (κ1) is 7.41. The van der Waals surface area contributed by atoms with Crippen LogP contribution < -0.4 is 5.32 Å². The normalized spacial score (nSPS) is 14.8. The molecule has 0 aliphatic heterocycles. The Morgan fingerprint density at radius 3 is 2.50 bits per heavy atom. The van der Waals surface area contributed by atoms with E-state index in [4.69, 9.17) is 0 Å². The molecule has 0 amide bonds. The molecule has 1 aliphatic carbocycles. The molecule has 1 aromatic rings. The van der Waals surface area contributed by atoms with E-state index in [1.54, 1.807) is 0 Å². The lowest BCUT2D eigenvalue weighted by molar-refractivity contribution is 0.698. The van der Waals surface area contributed by atoms with Gasteiger partial charge in [0.25, 0.3) is 0 Å². The molecular weight excluding hydrogens is 146 g/mol. The van der Waals surface area contributed by atoms with Crippen LogP contribution in [0.25, 0.3) is 0 Å². The van der Waals surface area contributed by atoms with Crippen molar-refractivity contribution in [3.63, 3.8) is 0 Å². The predicted molar refractivity (Wildman–Crippen MR) is 50.6 cm³/mol. The van der Waals surface area contributed by atoms with Crippen LogP contribution in [-0.4, -0.2) is 0 Å². The van der Waals surface area contributed by atoms with Crippen LogP contribution in [0.4, 0.5) is 0 Å². The lowest BCUT2D eigenvalue weighted by atomic mass is 10.1. The van der Waals surface area contributed by atoms with Crippen molar-refractivity contribution in [1.82, 2.24) is 5.32 Å². The van der Waals surface area contributed by atoms with Crippen molar-refractivity contribution < 1.29 is 0 Å². The zero-order valence-corrected chi connectivity index (χ0v) is 7.09. The Labute approximate surface area is 73.1 Å². The number of allylic oxidation sites excluding steroid dienone is 2. The summed E-state index contributed by atoms with van der Waals surface area (Å²) in [5.74, 6) is 0. The van der Waals surface area contributed by atoms with Crippen LogP contribution in [0.15, 0.2) is 42.1 Å². The summed E-state index contributed by atoms with van der Waals surface area (Å²) in [7, 11) is 0. The van der Waals surface area contributed by atoms with Gasteiger partial charge in [0.05, 0.1) is 0 Å². The molecule has 0 bridgehead atoms. The van der Waals surface area contributed by atoms with Crippen molar-refractivity contribution in [3.8, 4) is 0 Å². The molecule has 2 rings (SSSR count). The molecule has 0 saturated heterocycles. The Balaban J connectivity index is 1.87. The van der Waals surface area contributed by atoms with Gasteiger partial charge in [0.1, 0.15) is 0 Å². The van der Waals surface area contributed by atoms with Gasteiger partial charge in [0.15, 0.2) is 0 Å². The highest BCUT2D eigenvalue weighted by Gasteiger charge is 2.03. The second-order valence-electron chi connectivity index (χ2n) is 3.11. The molecule has 0 radical (unpaired) electrons. The van der Waals surface area contributed by atoms with Gasteiger partial charge in [0.2, 0.25) is 0 Å². The standard InChI is InChI=1S/C11H13N/c1-2-5-10(6-3-1)9-12-11-7-4-8-11/h1-3,5-7,12H,4,8-9H2. The van der Waals surface area contributed by atoms with Crippen molar-refractivity contribution in [2.45, 2.75) is 19.4 Å². The molecule has 12 heavy (non-hydrogen) atoms. The van der Waals surface area contributed by atoms with Gasteiger partial charge in [-0.3, -0.25) is 0 Å². The summed E-state index contributed by atoms with van der Waals surface area (Å²) in [6, 6.07) is 10.5. The van der Waals surface area contributed by atoms with E-state index >= 15 is 0 Å². The van der Waals surface area contributed by atoms with E-state index in [9.17, 15) is 0 Å². The SMILES string of the molecule is C1=C(NCc2ccccc2)CC1. The van der Waals surface area contributed by atoms with Crippen molar-refractivity contribution in [2.75, 3.05) is 0 Å². The average molecular weight is 159 g/mol. The van der Waals surface area contributed by atoms with Crippen molar-refractivity contribution in [1.29, 1.82) is 0 Å². The highest BCUT2D eigenvalue weighted by atomic mass is 14.9. The third kappa shape index (κ3) is 1.67. The Morgan fingerprint density at radius 1 is 1.17 bits per heavy atom. The monoisotopic (exact) mass is 159 g/mol. The van der Waals surface area contributed by atoms with Gasteiger partial charge in [-0.05, 0) is 18.4 Å². The lowest BCUT2D eigenvalue weighted by Crippen LogP contribution is -2.16. The van der Waals surface area contributed by atoms with Gasteiger partial charge in [-0.2, -0.15) is 0 Å². The molecule has 1 aromatic carbocycles. The molecule has 0 unspecified atom stereocenters. The van der Waals surface area contributed by atoms with E-state index in [0.29, 0.717) is 0 Å². The highest BCUT2D eigenvalue weighted by Crippen LogP contribution is 2.14. The molecule has 1 heteroatoms. The number of benzene rings is 1. The smallest absolute Gasteiger partial charge is 0.0397 e. The van der Waals surface area contributed by atoms with E-state index < -0.39 is 0 Å². The molecule has 1 N–H and O–H groups in total. The first-order valence-corrected chi connectivity index (χ1v) is 4.42. The summed E-state index contributed by atoms with van der Waals surface area (Å²) in [6.45, 7) is 0.965. The fourth-order valence-corrected chi connectivity index (χ4v) is 1.26. The van der Waals surface area contributed by atoms with Gasteiger partial charge in [0, 0.05) is 12.2 Å². The third-order valence-electron chi connectivity index (χ3n) is 2.17. The summed E-state index contributed by atoms with van der Waals surface area (Å²) in [6.07, 6.45) is 4.73. The maximum absolute atomic E-state index is 3.40. The van der Waals surface area contributed by atoms with E-state index in [1.165, 1.54) is 24.1 Å². The molecule has 0 spiro atoms. The predicted octanol–water partition coefficient (Wildman–Crippen LogP) is 2.45. The van der Waals surface area contributed by atoms with Crippen LogP contribution >= 0.6 is 0 Å². The van der Waals surface area contributed by atoms with Crippen molar-refractivity contribution in [3.05, 3.63) is 47.7 Å². The number of hydrogen-bond donors (Lipinski definition) is 1. The second kappa shape index (κ2) is 3.44. The van der Waals surface area contributed by atoms with Crippen LogP contribution in [0.2, 0.25) is 0 Å². The first-order valence-electron chi connectivity index (χ1n) is 4.42. The maximum atomic E-state index is 3.40. The lowest BCUT2D eigenvalue weighted by Gasteiger charge is -2.16. The zero-order valence-electron chi connectivity index (χ0n) is 7.09. The molecule has 0 fully saturated rings. The Hall–Kier alpha value is -1.24. The average Bonchev–Trinajstić information content (AvgIpc) is 2.04. The Bertz CT molecular complexity index is 274. The van der Waals surface area contributed by atoms with E-state index in [2.05, 4.69) is 35.7 Å². The minimum absolute atomic E-state index is 0.965. The molecule has 0 aromatic heterocycles. The minimum Gasteiger partial charge on any atom is -0.385 e. The fourth-order valence-electron chi connectivity index (χ4n) is 1.26. The Morgan fingerprint density at radius 2 is 1.92 bits per heavy atom. The van der Waals surface area contributed by atoms with Gasteiger partial charge in [-0.15, -0.1) is 0 Å². The summed E-state index contributed by atoms with van der Waals surface area (Å²) in [5.41, 5.74) is 2.75. The number of hydrogen-bond acceptors (Lipinski definition) is 1. The van der Waals surface area contributed by atoms with Crippen LogP contribution in [0.5, 0.6) is 0 Å². The van der Waals surface area contributed by atoms with Gasteiger partial charge >= 0.3 is 0 Å². The van der Waals surface area contributed by atoms with Crippen LogP contribution in [-0.2, 0) is 6.54 Å². The van der Waals surface area contributed by atoms with E-state index in [0.717, 1.165) is 6.54 Å². The topological polar surface area (TPSA) is 12.0 Å². The number of rotatable bonds is 3. The van der Waals surface area contributed by atoms with Crippen LogP contribution in [0.3, 0.4) is 0 Å². The highest BCUT2D eigenvalue weighted by molar-refractivity contribution is 5.17. The van der Waals surface area contributed by atoms with Gasteiger partial charge < -0.3 is 5.32 Å². The second-order valence-corrected chi connectivity index (χ2v) is 3.11. The zero-order chi connectivity index (χ0) is 8.23. The molecule has 0 saturated carbocycles. The summed E-state index contributed by atoms with van der Waals surface area (Å²) in [4.78, 5) is 0. The summed E-state index contributed by atoms with van der Waals surface area (Å²) < 4.78 is 0. The summed E-state index contributed by atoms with van der Waals surface area (Å²) in [5, 5.41) is 3.40. The first-order chi connectivity index (χ1) is 5.95. The molecule has 1 aliphatic rings. The van der Waals surface area contributed by atoms with Gasteiger partial charge in [-0.1, -0.05) is 36.4 Å². The minimum atomic E-state index is 0.965. The van der Waals surface area contributed by atoms with Crippen LogP contribution in [0, 0.1) is 0 Å². The Kier molecular flexibility index (Phi) is 2.12.